The predicted molar refractivity (Wildman–Crippen MR) is 225 cm³/mol. The van der Waals surface area contributed by atoms with Crippen molar-refractivity contribution in [1.82, 2.24) is 19.6 Å². The van der Waals surface area contributed by atoms with E-state index in [4.69, 9.17) is 28.4 Å². The highest BCUT2D eigenvalue weighted by atomic mass is 16.7. The molecule has 0 radical (unpaired) electrons. The minimum absolute atomic E-state index is 0.000837. The molecule has 4 rings (SSSR count). The van der Waals surface area contributed by atoms with E-state index < -0.39 is 59.1 Å². The van der Waals surface area contributed by atoms with Crippen molar-refractivity contribution >= 4 is 29.7 Å². The molecule has 338 valence electrons. The normalized spacial score (nSPS) is 31.2. The maximum absolute atomic E-state index is 14.6. The number of ether oxygens (including phenoxy) is 6. The fourth-order valence-corrected chi connectivity index (χ4v) is 8.75. The van der Waals surface area contributed by atoms with Crippen LogP contribution in [0.1, 0.15) is 91.9 Å². The van der Waals surface area contributed by atoms with Gasteiger partial charge >= 0.3 is 18.0 Å². The van der Waals surface area contributed by atoms with Gasteiger partial charge in [-0.3, -0.25) is 19.3 Å². The fourth-order valence-electron chi connectivity index (χ4n) is 8.75. The molecule has 3 aliphatic rings. The molecule has 3 heterocycles. The van der Waals surface area contributed by atoms with Crippen LogP contribution in [0.5, 0.6) is 0 Å². The highest BCUT2D eigenvalue weighted by molar-refractivity contribution is 6.04. The lowest BCUT2D eigenvalue weighted by molar-refractivity contribution is -0.295. The van der Waals surface area contributed by atoms with Gasteiger partial charge in [0.25, 0.3) is 0 Å². The second-order valence-electron chi connectivity index (χ2n) is 19.3. The molecule has 3 aliphatic heterocycles. The number of methoxy groups -OCH3 is 1. The van der Waals surface area contributed by atoms with Crippen molar-refractivity contribution in [3.63, 3.8) is 0 Å². The van der Waals surface area contributed by atoms with Crippen molar-refractivity contribution in [2.75, 3.05) is 68.1 Å². The number of likely N-dealkylation sites (tertiary alicyclic amines) is 1. The maximum atomic E-state index is 14.6. The average Bonchev–Trinajstić information content (AvgIpc) is 3.15. The number of Topliss-reactive ketones (excluding diaryl/α,β-unsaturated/α-hetero) is 1. The summed E-state index contributed by atoms with van der Waals surface area (Å²) < 4.78 is 37.3. The van der Waals surface area contributed by atoms with Gasteiger partial charge in [-0.25, -0.2) is 9.59 Å². The van der Waals surface area contributed by atoms with E-state index in [1.54, 1.807) is 84.9 Å². The number of cyclic esters (lactones) is 1. The standard InChI is InChI=1S/C45H72N4O11/c1-28-23-45(9,55-14)38(59-40-36(33(46(10)11)22-29(2)57-40)58-39(52)31-18-16-15-17-19-31)30(3)37(51)44(7,8)41(53)56-27-34(48(13)24-28)32-25-49(26-32)35(50)20-21-47(12)42(54)60-43(4,5)6/h15-19,28-30,32-34,36,38,40H,20-27H2,1-14H3/t28-,29-,30+,33+,34+,36-,38-,40+,45-/m1/s1. The fraction of sp³-hybridized carbons (Fsp3) is 0.756. The molecule has 0 N–H and O–H groups in total. The lowest BCUT2D eigenvalue weighted by atomic mass is 9.74. The third kappa shape index (κ3) is 12.0. The second kappa shape index (κ2) is 20.0. The molecule has 15 nitrogen and oxygen atoms in total. The quantitative estimate of drug-likeness (QED) is 0.179. The van der Waals surface area contributed by atoms with Gasteiger partial charge in [-0.05, 0) is 101 Å². The molecule has 0 aromatic heterocycles. The Morgan fingerprint density at radius 1 is 0.967 bits per heavy atom. The third-order valence-electron chi connectivity index (χ3n) is 12.3. The highest BCUT2D eigenvalue weighted by Gasteiger charge is 2.53. The Morgan fingerprint density at radius 2 is 1.60 bits per heavy atom. The molecule has 1 aromatic rings. The summed E-state index contributed by atoms with van der Waals surface area (Å²) in [5, 5.41) is 0. The van der Waals surface area contributed by atoms with E-state index in [9.17, 15) is 24.0 Å². The summed E-state index contributed by atoms with van der Waals surface area (Å²) in [4.78, 5) is 75.0. The van der Waals surface area contributed by atoms with E-state index in [-0.39, 0.29) is 61.3 Å². The molecule has 3 fully saturated rings. The molecule has 2 amide bonds. The lowest BCUT2D eigenvalue weighted by Crippen LogP contribution is -2.60. The SMILES string of the molecule is CO[C@]1(C)C[C@@H](C)CN(C)[C@H](C2CN(C(=O)CCN(C)C(=O)OC(C)(C)C)C2)COC(=O)C(C)(C)C(=O)[C@H](C)[C@H]1O[C@@H]1O[C@H](C)C[C@H](N(C)C)[C@H]1OC(=O)c1ccccc1. The molecule has 0 spiro atoms. The molecule has 9 atom stereocenters. The largest absolute Gasteiger partial charge is 0.463 e. The first-order valence-corrected chi connectivity index (χ1v) is 21.3. The molecule has 0 unspecified atom stereocenters. The number of ketones is 1. The van der Waals surface area contributed by atoms with Crippen molar-refractivity contribution in [3.8, 4) is 0 Å². The Balaban J connectivity index is 1.57. The number of carbonyl (C=O) groups is 5. The van der Waals surface area contributed by atoms with Crippen molar-refractivity contribution in [2.45, 2.75) is 129 Å². The van der Waals surface area contributed by atoms with Crippen LogP contribution < -0.4 is 0 Å². The summed E-state index contributed by atoms with van der Waals surface area (Å²) in [6.07, 6.45) is -2.44. The number of hydrogen-bond acceptors (Lipinski definition) is 13. The van der Waals surface area contributed by atoms with Crippen LogP contribution in [0.25, 0.3) is 0 Å². The van der Waals surface area contributed by atoms with Crippen LogP contribution in [0.2, 0.25) is 0 Å². The van der Waals surface area contributed by atoms with Gasteiger partial charge in [0.1, 0.15) is 17.6 Å². The summed E-state index contributed by atoms with van der Waals surface area (Å²) in [5.41, 5.74) is -2.88. The van der Waals surface area contributed by atoms with Crippen LogP contribution in [0, 0.1) is 23.2 Å². The molecule has 0 bridgehead atoms. The smallest absolute Gasteiger partial charge is 0.410 e. The average molecular weight is 845 g/mol. The van der Waals surface area contributed by atoms with Crippen molar-refractivity contribution in [3.05, 3.63) is 35.9 Å². The van der Waals surface area contributed by atoms with E-state index in [2.05, 4.69) is 11.8 Å². The summed E-state index contributed by atoms with van der Waals surface area (Å²) in [6.45, 7) is 18.0. The van der Waals surface area contributed by atoms with Gasteiger partial charge in [0, 0.05) is 64.6 Å². The van der Waals surface area contributed by atoms with Gasteiger partial charge < -0.3 is 43.1 Å². The van der Waals surface area contributed by atoms with Crippen molar-refractivity contribution in [2.24, 2.45) is 23.2 Å². The number of nitrogens with zero attached hydrogens (tertiary/aromatic N) is 4. The summed E-state index contributed by atoms with van der Waals surface area (Å²) in [7, 11) is 9.02. The molecular formula is C45H72N4O11. The zero-order valence-corrected chi connectivity index (χ0v) is 38.5. The van der Waals surface area contributed by atoms with Crippen LogP contribution in [0.4, 0.5) is 4.79 Å². The first-order valence-electron chi connectivity index (χ1n) is 21.3. The van der Waals surface area contributed by atoms with Crippen LogP contribution in [-0.4, -0.2) is 165 Å². The number of esters is 2. The maximum Gasteiger partial charge on any atom is 0.410 e. The lowest BCUT2D eigenvalue weighted by Gasteiger charge is -2.48. The Kier molecular flexibility index (Phi) is 16.4. The van der Waals surface area contributed by atoms with E-state index in [1.807, 2.05) is 46.0 Å². The molecule has 60 heavy (non-hydrogen) atoms. The molecule has 0 aliphatic carbocycles. The first kappa shape index (κ1) is 49.0. The molecular weight excluding hydrogens is 773 g/mol. The first-order chi connectivity index (χ1) is 27.9. The zero-order chi connectivity index (χ0) is 44.9. The van der Waals surface area contributed by atoms with E-state index in [0.717, 1.165) is 0 Å². The highest BCUT2D eigenvalue weighted by Crippen LogP contribution is 2.39. The summed E-state index contributed by atoms with van der Waals surface area (Å²) in [5.74, 6) is -2.54. The predicted octanol–water partition coefficient (Wildman–Crippen LogP) is 4.90. The van der Waals surface area contributed by atoms with E-state index in [1.165, 1.54) is 4.90 Å². The second-order valence-corrected chi connectivity index (χ2v) is 19.3. The number of likely N-dealkylation sites (N-methyl/N-ethyl adjacent to an activating group) is 2. The number of carbonyl (C=O) groups excluding carboxylic acids is 5. The van der Waals surface area contributed by atoms with E-state index >= 15 is 0 Å². The van der Waals surface area contributed by atoms with Crippen LogP contribution >= 0.6 is 0 Å². The Morgan fingerprint density at radius 3 is 2.18 bits per heavy atom. The number of amides is 2. The van der Waals surface area contributed by atoms with Crippen LogP contribution in [0.15, 0.2) is 30.3 Å². The number of hydrogen-bond donors (Lipinski definition) is 0. The monoisotopic (exact) mass is 845 g/mol. The van der Waals surface area contributed by atoms with Gasteiger partial charge in [-0.1, -0.05) is 32.0 Å². The Labute approximate surface area is 357 Å². The van der Waals surface area contributed by atoms with Gasteiger partial charge in [0.05, 0.1) is 29.4 Å². The molecule has 0 saturated carbocycles. The van der Waals surface area contributed by atoms with Gasteiger partial charge in [-0.2, -0.15) is 0 Å². The van der Waals surface area contributed by atoms with Crippen LogP contribution in [-0.2, 0) is 42.8 Å². The zero-order valence-electron chi connectivity index (χ0n) is 38.5. The van der Waals surface area contributed by atoms with Gasteiger partial charge in [-0.15, -0.1) is 0 Å². The Hall–Kier alpha value is -3.63. The summed E-state index contributed by atoms with van der Waals surface area (Å²) in [6, 6.07) is 8.23. The third-order valence-corrected chi connectivity index (χ3v) is 12.3. The number of rotatable bonds is 10. The number of benzene rings is 1. The summed E-state index contributed by atoms with van der Waals surface area (Å²) >= 11 is 0. The molecule has 1 aromatic carbocycles. The minimum Gasteiger partial charge on any atom is -0.463 e. The molecule has 3 saturated heterocycles. The van der Waals surface area contributed by atoms with Crippen molar-refractivity contribution in [1.29, 1.82) is 0 Å². The molecule has 15 heteroatoms. The van der Waals surface area contributed by atoms with Gasteiger partial charge in [0.2, 0.25) is 5.91 Å². The van der Waals surface area contributed by atoms with Gasteiger partial charge in [0.15, 0.2) is 18.2 Å². The van der Waals surface area contributed by atoms with Crippen molar-refractivity contribution < 1.29 is 52.4 Å². The Bertz CT molecular complexity index is 1640. The van der Waals surface area contributed by atoms with Crippen LogP contribution in [0.3, 0.4) is 0 Å². The van der Waals surface area contributed by atoms with E-state index in [0.29, 0.717) is 38.0 Å². The topological polar surface area (TPSA) is 154 Å². The minimum atomic E-state index is -1.56.